The average Bonchev–Trinajstić information content (AvgIpc) is 3.05. The van der Waals surface area contributed by atoms with Gasteiger partial charge < -0.3 is 19.7 Å². The van der Waals surface area contributed by atoms with Crippen LogP contribution >= 0.6 is 11.8 Å². The number of thioether (sulfide) groups is 1. The first-order valence-electron chi connectivity index (χ1n) is 7.89. The predicted octanol–water partition coefficient (Wildman–Crippen LogP) is 2.49. The highest BCUT2D eigenvalue weighted by molar-refractivity contribution is 7.98. The number of hydrogen-bond acceptors (Lipinski definition) is 5. The number of hydrogen-bond donors (Lipinski definition) is 2. The van der Waals surface area contributed by atoms with Gasteiger partial charge in [0.1, 0.15) is 11.7 Å². The van der Waals surface area contributed by atoms with Crippen molar-refractivity contribution in [3.05, 3.63) is 29.8 Å². The van der Waals surface area contributed by atoms with E-state index in [0.29, 0.717) is 38.9 Å². The normalized spacial score (nSPS) is 23.3. The quantitative estimate of drug-likeness (QED) is 0.643. The minimum absolute atomic E-state index is 0.498. The van der Waals surface area contributed by atoms with Crippen LogP contribution in [0, 0.1) is 11.8 Å². The summed E-state index contributed by atoms with van der Waals surface area (Å²) in [5, 5.41) is 20.8. The van der Waals surface area contributed by atoms with Gasteiger partial charge in [-0.3, -0.25) is 0 Å². The SMILES string of the molecule is CSc1ccc(C(O)C#CC2(O)CCC3(CC2)OCCO3)cc1. The Morgan fingerprint density at radius 3 is 2.26 bits per heavy atom. The highest BCUT2D eigenvalue weighted by atomic mass is 32.2. The van der Waals surface area contributed by atoms with Crippen LogP contribution in [0.4, 0.5) is 0 Å². The summed E-state index contributed by atoms with van der Waals surface area (Å²) in [6.45, 7) is 1.24. The molecule has 5 heteroatoms. The van der Waals surface area contributed by atoms with Crippen LogP contribution in [0.15, 0.2) is 29.2 Å². The summed E-state index contributed by atoms with van der Waals surface area (Å²) in [5.41, 5.74) is -0.325. The van der Waals surface area contributed by atoms with Crippen molar-refractivity contribution in [2.24, 2.45) is 0 Å². The zero-order valence-corrected chi connectivity index (χ0v) is 14.1. The number of aliphatic hydroxyl groups is 2. The van der Waals surface area contributed by atoms with Crippen molar-refractivity contribution in [2.45, 2.75) is 48.1 Å². The molecule has 0 radical (unpaired) electrons. The molecule has 0 bridgehead atoms. The summed E-state index contributed by atoms with van der Waals surface area (Å²) in [4.78, 5) is 1.14. The van der Waals surface area contributed by atoms with Crippen molar-refractivity contribution < 1.29 is 19.7 Å². The first kappa shape index (κ1) is 16.8. The fourth-order valence-corrected chi connectivity index (χ4v) is 3.44. The van der Waals surface area contributed by atoms with Crippen LogP contribution in [0.3, 0.4) is 0 Å². The molecule has 1 aromatic carbocycles. The molecule has 2 N–H and O–H groups in total. The van der Waals surface area contributed by atoms with E-state index in [4.69, 9.17) is 9.47 Å². The van der Waals surface area contributed by atoms with Crippen molar-refractivity contribution in [3.8, 4) is 11.8 Å². The molecule has 2 aliphatic rings. The molecule has 2 fully saturated rings. The molecular formula is C18H22O4S. The van der Waals surface area contributed by atoms with E-state index in [1.54, 1.807) is 11.8 Å². The standard InChI is InChI=1S/C18H22O4S/c1-23-15-4-2-14(3-5-15)16(19)6-7-17(20)8-10-18(11-9-17)21-12-13-22-18/h2-5,16,19-20H,8-13H2,1H3. The van der Waals surface area contributed by atoms with Gasteiger partial charge in [0.25, 0.3) is 0 Å². The van der Waals surface area contributed by atoms with E-state index in [2.05, 4.69) is 11.8 Å². The monoisotopic (exact) mass is 334 g/mol. The fourth-order valence-electron chi connectivity index (χ4n) is 3.03. The highest BCUT2D eigenvalue weighted by Crippen LogP contribution is 2.40. The van der Waals surface area contributed by atoms with Crippen molar-refractivity contribution in [1.29, 1.82) is 0 Å². The number of rotatable bonds is 2. The van der Waals surface area contributed by atoms with Gasteiger partial charge in [-0.25, -0.2) is 0 Å². The lowest BCUT2D eigenvalue weighted by molar-refractivity contribution is -0.195. The zero-order chi connectivity index (χ0) is 16.3. The smallest absolute Gasteiger partial charge is 0.168 e. The first-order chi connectivity index (χ1) is 11.0. The molecule has 1 aromatic rings. The Balaban J connectivity index is 1.63. The summed E-state index contributed by atoms with van der Waals surface area (Å²) < 4.78 is 11.3. The van der Waals surface area contributed by atoms with Crippen LogP contribution in [0.5, 0.6) is 0 Å². The van der Waals surface area contributed by atoms with Gasteiger partial charge >= 0.3 is 0 Å². The molecule has 1 aliphatic carbocycles. The zero-order valence-electron chi connectivity index (χ0n) is 13.2. The van der Waals surface area contributed by atoms with Gasteiger partial charge in [-0.05, 0) is 36.8 Å². The summed E-state index contributed by atoms with van der Waals surface area (Å²) in [6, 6.07) is 7.65. The molecule has 124 valence electrons. The van der Waals surface area contributed by atoms with Crippen molar-refractivity contribution >= 4 is 11.8 Å². The van der Waals surface area contributed by atoms with E-state index < -0.39 is 17.5 Å². The number of ether oxygens (including phenoxy) is 2. The van der Waals surface area contributed by atoms with Gasteiger partial charge in [-0.2, -0.15) is 0 Å². The molecule has 1 saturated carbocycles. The summed E-state index contributed by atoms with van der Waals surface area (Å²) >= 11 is 1.65. The summed E-state index contributed by atoms with van der Waals surface area (Å²) in [6.07, 6.45) is 3.39. The van der Waals surface area contributed by atoms with E-state index in [9.17, 15) is 10.2 Å². The van der Waals surface area contributed by atoms with Crippen LogP contribution in [0.25, 0.3) is 0 Å². The molecule has 1 unspecified atom stereocenters. The fraction of sp³-hybridized carbons (Fsp3) is 0.556. The Hall–Kier alpha value is -1.03. The maximum atomic E-state index is 10.6. The minimum Gasteiger partial charge on any atom is -0.378 e. The molecule has 0 aromatic heterocycles. The van der Waals surface area contributed by atoms with E-state index in [1.165, 1.54) is 0 Å². The van der Waals surface area contributed by atoms with Gasteiger partial charge in [0.05, 0.1) is 13.2 Å². The highest BCUT2D eigenvalue weighted by Gasteiger charge is 2.44. The van der Waals surface area contributed by atoms with Crippen LogP contribution in [-0.4, -0.2) is 41.1 Å². The number of benzene rings is 1. The Labute approximate surface area is 141 Å². The topological polar surface area (TPSA) is 58.9 Å². The molecule has 1 heterocycles. The first-order valence-corrected chi connectivity index (χ1v) is 9.12. The lowest BCUT2D eigenvalue weighted by Crippen LogP contribution is -2.42. The molecule has 1 aliphatic heterocycles. The Kier molecular flexibility index (Phi) is 5.00. The Morgan fingerprint density at radius 2 is 1.70 bits per heavy atom. The molecular weight excluding hydrogens is 312 g/mol. The number of aliphatic hydroxyl groups excluding tert-OH is 1. The van der Waals surface area contributed by atoms with E-state index >= 15 is 0 Å². The molecule has 1 saturated heterocycles. The van der Waals surface area contributed by atoms with E-state index in [-0.39, 0.29) is 0 Å². The Bertz CT molecular complexity index is 586. The van der Waals surface area contributed by atoms with Gasteiger partial charge in [0.2, 0.25) is 0 Å². The second-order valence-electron chi connectivity index (χ2n) is 6.08. The van der Waals surface area contributed by atoms with Crippen LogP contribution < -0.4 is 0 Å². The molecule has 4 nitrogen and oxygen atoms in total. The molecule has 0 amide bonds. The Morgan fingerprint density at radius 1 is 1.09 bits per heavy atom. The lowest BCUT2D eigenvalue weighted by Gasteiger charge is -2.37. The third kappa shape index (κ3) is 3.90. The second-order valence-corrected chi connectivity index (χ2v) is 6.96. The van der Waals surface area contributed by atoms with Gasteiger partial charge in [0.15, 0.2) is 5.79 Å². The van der Waals surface area contributed by atoms with Crippen molar-refractivity contribution in [3.63, 3.8) is 0 Å². The summed E-state index contributed by atoms with van der Waals surface area (Å²) in [5.74, 6) is 5.15. The third-order valence-corrected chi connectivity index (χ3v) is 5.27. The second kappa shape index (κ2) is 6.84. The summed E-state index contributed by atoms with van der Waals surface area (Å²) in [7, 11) is 0. The van der Waals surface area contributed by atoms with Gasteiger partial charge in [0, 0.05) is 17.7 Å². The van der Waals surface area contributed by atoms with Crippen molar-refractivity contribution in [1.82, 2.24) is 0 Å². The molecule has 1 spiro atoms. The lowest BCUT2D eigenvalue weighted by atomic mass is 9.81. The van der Waals surface area contributed by atoms with Crippen LogP contribution in [0.2, 0.25) is 0 Å². The third-order valence-electron chi connectivity index (χ3n) is 4.53. The van der Waals surface area contributed by atoms with Crippen LogP contribution in [-0.2, 0) is 9.47 Å². The minimum atomic E-state index is -1.07. The largest absolute Gasteiger partial charge is 0.378 e. The van der Waals surface area contributed by atoms with Gasteiger partial charge in [-0.1, -0.05) is 24.0 Å². The molecule has 1 atom stereocenters. The van der Waals surface area contributed by atoms with Gasteiger partial charge in [-0.15, -0.1) is 11.8 Å². The van der Waals surface area contributed by atoms with E-state index in [0.717, 1.165) is 10.5 Å². The van der Waals surface area contributed by atoms with E-state index in [1.807, 2.05) is 30.5 Å². The predicted molar refractivity (Wildman–Crippen MR) is 89.0 cm³/mol. The maximum Gasteiger partial charge on any atom is 0.168 e. The average molecular weight is 334 g/mol. The van der Waals surface area contributed by atoms with Crippen molar-refractivity contribution in [2.75, 3.05) is 19.5 Å². The van der Waals surface area contributed by atoms with Crippen LogP contribution in [0.1, 0.15) is 37.4 Å². The molecule has 23 heavy (non-hydrogen) atoms. The molecule has 3 rings (SSSR count). The maximum absolute atomic E-state index is 10.6.